The van der Waals surface area contributed by atoms with E-state index in [0.29, 0.717) is 11.1 Å². The van der Waals surface area contributed by atoms with Crippen LogP contribution >= 0.6 is 11.6 Å². The highest BCUT2D eigenvalue weighted by atomic mass is 35.5. The fourth-order valence-corrected chi connectivity index (χ4v) is 3.83. The van der Waals surface area contributed by atoms with Crippen LogP contribution in [0.3, 0.4) is 0 Å². The summed E-state index contributed by atoms with van der Waals surface area (Å²) in [4.78, 5) is 35.8. The van der Waals surface area contributed by atoms with Crippen molar-refractivity contribution in [3.8, 4) is 0 Å². The molecule has 0 amide bonds. The molecule has 0 atom stereocenters. The molecule has 3 rings (SSSR count). The van der Waals surface area contributed by atoms with Crippen LogP contribution in [0.4, 0.5) is 5.69 Å². The van der Waals surface area contributed by atoms with Crippen molar-refractivity contribution in [2.24, 2.45) is 0 Å². The van der Waals surface area contributed by atoms with Crippen molar-refractivity contribution in [3.05, 3.63) is 74.3 Å². The van der Waals surface area contributed by atoms with E-state index in [2.05, 4.69) is 0 Å². The summed E-state index contributed by atoms with van der Waals surface area (Å²) in [6.07, 6.45) is 0.514. The number of ketones is 2. The Balaban J connectivity index is 1.94. The van der Waals surface area contributed by atoms with Crippen LogP contribution in [0, 0.1) is 17.0 Å². The van der Waals surface area contributed by atoms with Crippen LogP contribution in [0.5, 0.6) is 0 Å². The lowest BCUT2D eigenvalue weighted by Crippen LogP contribution is -2.31. The van der Waals surface area contributed by atoms with Crippen LogP contribution in [0.1, 0.15) is 41.4 Å². The first kappa shape index (κ1) is 17.3. The van der Waals surface area contributed by atoms with Crippen molar-refractivity contribution in [2.75, 3.05) is 0 Å². The predicted molar refractivity (Wildman–Crippen MR) is 94.0 cm³/mol. The SMILES string of the molecule is Cc1cc([N+](=O)[O-])cc(Cl)c1C1C(=O)CC(c2ccccc2)CC1=O. The molecule has 5 nitrogen and oxygen atoms in total. The molecule has 0 aliphatic heterocycles. The Hall–Kier alpha value is -2.53. The second-order valence-corrected chi connectivity index (χ2v) is 6.70. The number of carbonyl (C=O) groups is 2. The van der Waals surface area contributed by atoms with Gasteiger partial charge < -0.3 is 0 Å². The largest absolute Gasteiger partial charge is 0.298 e. The molecular weight excluding hydrogens is 342 g/mol. The summed E-state index contributed by atoms with van der Waals surface area (Å²) in [6, 6.07) is 12.0. The number of aryl methyl sites for hydroxylation is 1. The maximum Gasteiger partial charge on any atom is 0.271 e. The molecule has 0 unspecified atom stereocenters. The zero-order valence-corrected chi connectivity index (χ0v) is 14.3. The summed E-state index contributed by atoms with van der Waals surface area (Å²) >= 11 is 6.19. The Kier molecular flexibility index (Phi) is 4.68. The van der Waals surface area contributed by atoms with Crippen molar-refractivity contribution >= 4 is 28.9 Å². The Morgan fingerprint density at radius 3 is 2.20 bits per heavy atom. The minimum Gasteiger partial charge on any atom is -0.298 e. The molecule has 0 aromatic heterocycles. The number of carbonyl (C=O) groups excluding carboxylic acids is 2. The smallest absolute Gasteiger partial charge is 0.271 e. The Labute approximate surface area is 149 Å². The van der Waals surface area contributed by atoms with E-state index in [0.717, 1.165) is 5.56 Å². The van der Waals surface area contributed by atoms with Gasteiger partial charge in [0.1, 0.15) is 17.5 Å². The van der Waals surface area contributed by atoms with Crippen LogP contribution < -0.4 is 0 Å². The van der Waals surface area contributed by atoms with Gasteiger partial charge in [-0.15, -0.1) is 0 Å². The second-order valence-electron chi connectivity index (χ2n) is 6.30. The van der Waals surface area contributed by atoms with E-state index in [1.165, 1.54) is 12.1 Å². The number of hydrogen-bond acceptors (Lipinski definition) is 4. The molecule has 0 radical (unpaired) electrons. The number of nitrogens with zero attached hydrogens (tertiary/aromatic N) is 1. The molecule has 2 aromatic rings. The zero-order chi connectivity index (χ0) is 18.1. The van der Waals surface area contributed by atoms with Gasteiger partial charge in [-0.3, -0.25) is 19.7 Å². The molecule has 0 heterocycles. The van der Waals surface area contributed by atoms with Crippen molar-refractivity contribution in [1.82, 2.24) is 0 Å². The number of nitro groups is 1. The molecule has 1 aliphatic carbocycles. The first-order chi connectivity index (χ1) is 11.9. The molecule has 1 saturated carbocycles. The quantitative estimate of drug-likeness (QED) is 0.464. The molecule has 0 saturated heterocycles. The molecule has 2 aromatic carbocycles. The minimum absolute atomic E-state index is 0.0940. The maximum absolute atomic E-state index is 12.7. The van der Waals surface area contributed by atoms with Crippen LogP contribution in [-0.4, -0.2) is 16.5 Å². The normalized spacial score (nSPS) is 20.6. The Morgan fingerprint density at radius 1 is 1.08 bits per heavy atom. The van der Waals surface area contributed by atoms with Gasteiger partial charge in [0.05, 0.1) is 9.95 Å². The van der Waals surface area contributed by atoms with Gasteiger partial charge in [-0.1, -0.05) is 41.9 Å². The number of hydrogen-bond donors (Lipinski definition) is 0. The standard InChI is InChI=1S/C19H16ClNO4/c1-11-7-14(21(24)25)10-15(20)18(11)19-16(22)8-13(9-17(19)23)12-5-3-2-4-6-12/h2-7,10,13,19H,8-9H2,1H3. The predicted octanol–water partition coefficient (Wildman–Crippen LogP) is 4.36. The molecule has 25 heavy (non-hydrogen) atoms. The van der Waals surface area contributed by atoms with E-state index in [-0.39, 0.29) is 41.0 Å². The average Bonchev–Trinajstić information content (AvgIpc) is 2.57. The first-order valence-corrected chi connectivity index (χ1v) is 8.31. The Morgan fingerprint density at radius 2 is 1.68 bits per heavy atom. The second kappa shape index (κ2) is 6.76. The van der Waals surface area contributed by atoms with Crippen LogP contribution in [0.2, 0.25) is 5.02 Å². The maximum atomic E-state index is 12.7. The van der Waals surface area contributed by atoms with Crippen molar-refractivity contribution in [1.29, 1.82) is 0 Å². The highest BCUT2D eigenvalue weighted by Gasteiger charge is 2.39. The number of Topliss-reactive ketones (excluding diaryl/α,β-unsaturated/α-hetero) is 2. The highest BCUT2D eigenvalue weighted by Crippen LogP contribution is 2.40. The van der Waals surface area contributed by atoms with Gasteiger partial charge in [-0.05, 0) is 29.5 Å². The van der Waals surface area contributed by atoms with E-state index in [4.69, 9.17) is 11.6 Å². The average molecular weight is 358 g/mol. The summed E-state index contributed by atoms with van der Waals surface area (Å²) in [5.74, 6) is -1.45. The van der Waals surface area contributed by atoms with Crippen LogP contribution in [0.15, 0.2) is 42.5 Å². The zero-order valence-electron chi connectivity index (χ0n) is 13.6. The summed E-state index contributed by atoms with van der Waals surface area (Å²) < 4.78 is 0. The van der Waals surface area contributed by atoms with Crippen LogP contribution in [0.25, 0.3) is 0 Å². The fraction of sp³-hybridized carbons (Fsp3) is 0.263. The third-order valence-electron chi connectivity index (χ3n) is 4.63. The van der Waals surface area contributed by atoms with Crippen molar-refractivity contribution < 1.29 is 14.5 Å². The van der Waals surface area contributed by atoms with Gasteiger partial charge in [-0.2, -0.15) is 0 Å². The van der Waals surface area contributed by atoms with Crippen molar-refractivity contribution in [2.45, 2.75) is 31.6 Å². The van der Waals surface area contributed by atoms with E-state index in [9.17, 15) is 19.7 Å². The fourth-order valence-electron chi connectivity index (χ4n) is 3.46. The van der Waals surface area contributed by atoms with Gasteiger partial charge in [0.25, 0.3) is 5.69 Å². The number of benzene rings is 2. The van der Waals surface area contributed by atoms with Gasteiger partial charge in [0.15, 0.2) is 0 Å². The van der Waals surface area contributed by atoms with Crippen LogP contribution in [-0.2, 0) is 9.59 Å². The Bertz CT molecular complexity index is 822. The van der Waals surface area contributed by atoms with Gasteiger partial charge >= 0.3 is 0 Å². The van der Waals surface area contributed by atoms with E-state index >= 15 is 0 Å². The third kappa shape index (κ3) is 3.33. The topological polar surface area (TPSA) is 77.3 Å². The number of nitro benzene ring substituents is 1. The summed E-state index contributed by atoms with van der Waals surface area (Å²) in [6.45, 7) is 1.64. The van der Waals surface area contributed by atoms with E-state index in [1.54, 1.807) is 6.92 Å². The molecule has 0 N–H and O–H groups in total. The van der Waals surface area contributed by atoms with Gasteiger partial charge in [0, 0.05) is 25.0 Å². The molecule has 1 fully saturated rings. The number of rotatable bonds is 3. The molecule has 0 bridgehead atoms. The molecule has 0 spiro atoms. The summed E-state index contributed by atoms with van der Waals surface area (Å²) in [7, 11) is 0. The molecule has 1 aliphatic rings. The van der Waals surface area contributed by atoms with Gasteiger partial charge in [-0.25, -0.2) is 0 Å². The lowest BCUT2D eigenvalue weighted by Gasteiger charge is -2.28. The summed E-state index contributed by atoms with van der Waals surface area (Å²) in [5.41, 5.74) is 1.70. The van der Waals surface area contributed by atoms with Gasteiger partial charge in [0.2, 0.25) is 0 Å². The number of non-ortho nitro benzene ring substituents is 1. The van der Waals surface area contributed by atoms with E-state index in [1.807, 2.05) is 30.3 Å². The lowest BCUT2D eigenvalue weighted by molar-refractivity contribution is -0.384. The monoisotopic (exact) mass is 357 g/mol. The van der Waals surface area contributed by atoms with Crippen molar-refractivity contribution in [3.63, 3.8) is 0 Å². The lowest BCUT2D eigenvalue weighted by atomic mass is 9.73. The van der Waals surface area contributed by atoms with E-state index < -0.39 is 10.8 Å². The minimum atomic E-state index is -0.937. The third-order valence-corrected chi connectivity index (χ3v) is 4.94. The molecule has 128 valence electrons. The molecule has 6 heteroatoms. The highest BCUT2D eigenvalue weighted by molar-refractivity contribution is 6.32. The first-order valence-electron chi connectivity index (χ1n) is 7.93. The number of halogens is 1. The molecular formula is C19H16ClNO4. The summed E-state index contributed by atoms with van der Waals surface area (Å²) in [5, 5.41) is 11.0.